The lowest BCUT2D eigenvalue weighted by atomic mass is 10.2. The Balaban J connectivity index is 1.69. The lowest BCUT2D eigenvalue weighted by Crippen LogP contribution is -2.08. The quantitative estimate of drug-likeness (QED) is 0.500. The number of nitrogen functional groups attached to an aromatic ring is 1. The van der Waals surface area contributed by atoms with Gasteiger partial charge >= 0.3 is 5.97 Å². The molecular weight excluding hydrogens is 310 g/mol. The van der Waals surface area contributed by atoms with E-state index in [0.29, 0.717) is 28.6 Å². The van der Waals surface area contributed by atoms with Crippen molar-refractivity contribution in [1.82, 2.24) is 9.97 Å². The van der Waals surface area contributed by atoms with Gasteiger partial charge in [-0.1, -0.05) is 17.7 Å². The van der Waals surface area contributed by atoms with Gasteiger partial charge in [0.1, 0.15) is 12.9 Å². The van der Waals surface area contributed by atoms with Crippen molar-refractivity contribution in [2.24, 2.45) is 0 Å². The van der Waals surface area contributed by atoms with Gasteiger partial charge in [0.25, 0.3) is 0 Å². The maximum Gasteiger partial charge on any atom is 0.341 e. The number of nitrogens with zero attached hydrogens (tertiary/aromatic N) is 2. The molecule has 7 heteroatoms. The van der Waals surface area contributed by atoms with Crippen molar-refractivity contribution in [2.75, 3.05) is 18.1 Å². The fraction of sp³-hybridized carbons (Fsp3) is 0.214. The third-order valence-electron chi connectivity index (χ3n) is 2.59. The van der Waals surface area contributed by atoms with Crippen molar-refractivity contribution < 1.29 is 9.53 Å². The zero-order valence-electron chi connectivity index (χ0n) is 11.2. The number of esters is 1. The third kappa shape index (κ3) is 4.91. The van der Waals surface area contributed by atoms with Crippen molar-refractivity contribution in [3.05, 3.63) is 53.1 Å². The summed E-state index contributed by atoms with van der Waals surface area (Å²) < 4.78 is 5.12. The first-order chi connectivity index (χ1) is 10.2. The van der Waals surface area contributed by atoms with Gasteiger partial charge in [-0.25, -0.2) is 14.8 Å². The van der Waals surface area contributed by atoms with Crippen LogP contribution in [-0.4, -0.2) is 28.3 Å². The molecule has 0 radical (unpaired) electrons. The Bertz CT molecular complexity index is 610. The summed E-state index contributed by atoms with van der Waals surface area (Å²) >= 11 is 7.71. The highest BCUT2D eigenvalue weighted by molar-refractivity contribution is 7.98. The molecule has 0 aliphatic carbocycles. The molecule has 0 spiro atoms. The fourth-order valence-corrected chi connectivity index (χ4v) is 2.70. The molecule has 1 heterocycles. The van der Waals surface area contributed by atoms with Crippen LogP contribution in [0.1, 0.15) is 15.9 Å². The van der Waals surface area contributed by atoms with E-state index in [1.807, 2.05) is 12.1 Å². The Kier molecular flexibility index (Phi) is 5.83. The minimum absolute atomic E-state index is 0.324. The molecule has 0 saturated carbocycles. The minimum Gasteiger partial charge on any atom is -0.461 e. The number of thioether (sulfide) groups is 1. The van der Waals surface area contributed by atoms with Crippen LogP contribution in [0.15, 0.2) is 36.9 Å². The maximum atomic E-state index is 11.6. The number of carbonyl (C=O) groups is 1. The number of hydrogen-bond donors (Lipinski definition) is 1. The van der Waals surface area contributed by atoms with E-state index in [4.69, 9.17) is 22.1 Å². The van der Waals surface area contributed by atoms with Crippen LogP contribution in [0.2, 0.25) is 5.02 Å². The summed E-state index contributed by atoms with van der Waals surface area (Å²) in [6.45, 7) is 0.324. The van der Waals surface area contributed by atoms with Crippen molar-refractivity contribution in [3.63, 3.8) is 0 Å². The van der Waals surface area contributed by atoms with Gasteiger partial charge in [-0.05, 0) is 17.7 Å². The van der Waals surface area contributed by atoms with Gasteiger partial charge in [0.15, 0.2) is 0 Å². The molecule has 0 amide bonds. The molecular formula is C14H14ClN3O2S. The topological polar surface area (TPSA) is 78.1 Å². The molecule has 5 nitrogen and oxygen atoms in total. The van der Waals surface area contributed by atoms with E-state index in [1.54, 1.807) is 17.8 Å². The Morgan fingerprint density at radius 3 is 2.81 bits per heavy atom. The van der Waals surface area contributed by atoms with Gasteiger partial charge < -0.3 is 10.5 Å². The number of carbonyl (C=O) groups excluding carboxylic acids is 1. The Labute approximate surface area is 131 Å². The smallest absolute Gasteiger partial charge is 0.341 e. The maximum absolute atomic E-state index is 11.6. The summed E-state index contributed by atoms with van der Waals surface area (Å²) in [4.78, 5) is 19.2. The molecule has 110 valence electrons. The van der Waals surface area contributed by atoms with Crippen LogP contribution < -0.4 is 5.73 Å². The predicted molar refractivity (Wildman–Crippen MR) is 84.3 cm³/mol. The highest BCUT2D eigenvalue weighted by Gasteiger charge is 2.07. The molecule has 2 aromatic rings. The Morgan fingerprint density at radius 2 is 2.10 bits per heavy atom. The molecule has 0 unspecified atom stereocenters. The van der Waals surface area contributed by atoms with Crippen molar-refractivity contribution in [3.8, 4) is 0 Å². The number of benzene rings is 1. The number of ether oxygens (including phenoxy) is 1. The molecule has 21 heavy (non-hydrogen) atoms. The summed E-state index contributed by atoms with van der Waals surface area (Å²) in [5, 5.41) is 0.654. The van der Waals surface area contributed by atoms with Gasteiger partial charge in [-0.3, -0.25) is 0 Å². The van der Waals surface area contributed by atoms with Crippen LogP contribution in [0.5, 0.6) is 0 Å². The Morgan fingerprint density at radius 1 is 1.33 bits per heavy atom. The molecule has 0 aliphatic rings. The van der Waals surface area contributed by atoms with Gasteiger partial charge in [0.05, 0.1) is 5.56 Å². The van der Waals surface area contributed by atoms with E-state index < -0.39 is 5.97 Å². The van der Waals surface area contributed by atoms with Crippen molar-refractivity contribution >= 4 is 35.0 Å². The second kappa shape index (κ2) is 7.85. The number of halogens is 1. The van der Waals surface area contributed by atoms with E-state index in [0.717, 1.165) is 11.3 Å². The average Bonchev–Trinajstić information content (AvgIpc) is 2.49. The van der Waals surface area contributed by atoms with Crippen molar-refractivity contribution in [1.29, 1.82) is 0 Å². The van der Waals surface area contributed by atoms with E-state index in [9.17, 15) is 4.79 Å². The molecule has 1 aromatic heterocycles. The summed E-state index contributed by atoms with van der Waals surface area (Å²) in [5.74, 6) is 1.01. The van der Waals surface area contributed by atoms with Gasteiger partial charge in [0.2, 0.25) is 0 Å². The second-order valence-electron chi connectivity index (χ2n) is 4.17. The number of anilines is 1. The standard InChI is InChI=1S/C14H14ClN3O2S/c15-13-5-12(16)2-1-10(13)8-21-4-3-20-14(19)11-6-17-9-18-7-11/h1-2,5-7,9H,3-4,8,16H2. The lowest BCUT2D eigenvalue weighted by Gasteiger charge is -2.06. The van der Waals surface area contributed by atoms with Crippen LogP contribution in [0.4, 0.5) is 5.69 Å². The van der Waals surface area contributed by atoms with Gasteiger partial charge in [-0.2, -0.15) is 11.8 Å². The second-order valence-corrected chi connectivity index (χ2v) is 5.68. The first-order valence-corrected chi connectivity index (χ1v) is 7.74. The first-order valence-electron chi connectivity index (χ1n) is 6.20. The van der Waals surface area contributed by atoms with E-state index >= 15 is 0 Å². The van der Waals surface area contributed by atoms with E-state index in [1.165, 1.54) is 18.7 Å². The number of hydrogen-bond acceptors (Lipinski definition) is 6. The normalized spacial score (nSPS) is 10.3. The third-order valence-corrected chi connectivity index (χ3v) is 3.91. The zero-order valence-corrected chi connectivity index (χ0v) is 12.7. The average molecular weight is 324 g/mol. The predicted octanol–water partition coefficient (Wildman–Crippen LogP) is 2.80. The molecule has 2 rings (SSSR count). The van der Waals surface area contributed by atoms with Crippen LogP contribution in [0, 0.1) is 0 Å². The molecule has 1 aromatic carbocycles. The largest absolute Gasteiger partial charge is 0.461 e. The molecule has 0 fully saturated rings. The SMILES string of the molecule is Nc1ccc(CSCCOC(=O)c2cncnc2)c(Cl)c1. The zero-order chi connectivity index (χ0) is 15.1. The highest BCUT2D eigenvalue weighted by Crippen LogP contribution is 2.23. The van der Waals surface area contributed by atoms with Crippen molar-refractivity contribution in [2.45, 2.75) is 5.75 Å². The van der Waals surface area contributed by atoms with Crippen LogP contribution in [-0.2, 0) is 10.5 Å². The number of aromatic nitrogens is 2. The van der Waals surface area contributed by atoms with Gasteiger partial charge in [-0.15, -0.1) is 0 Å². The molecule has 0 aliphatic heterocycles. The van der Waals surface area contributed by atoms with Crippen LogP contribution in [0.25, 0.3) is 0 Å². The molecule has 0 bridgehead atoms. The summed E-state index contributed by atoms with van der Waals surface area (Å²) in [5.41, 5.74) is 7.64. The van der Waals surface area contributed by atoms with Crippen LogP contribution in [0.3, 0.4) is 0 Å². The summed E-state index contributed by atoms with van der Waals surface area (Å²) in [7, 11) is 0. The first kappa shape index (κ1) is 15.6. The summed E-state index contributed by atoms with van der Waals surface area (Å²) in [6, 6.07) is 5.45. The monoisotopic (exact) mass is 323 g/mol. The van der Waals surface area contributed by atoms with Gasteiger partial charge in [0, 0.05) is 34.6 Å². The molecule has 2 N–H and O–H groups in total. The summed E-state index contributed by atoms with van der Waals surface area (Å²) in [6.07, 6.45) is 4.22. The lowest BCUT2D eigenvalue weighted by molar-refractivity contribution is 0.0529. The minimum atomic E-state index is -0.415. The highest BCUT2D eigenvalue weighted by atomic mass is 35.5. The number of rotatable bonds is 6. The van der Waals surface area contributed by atoms with E-state index in [-0.39, 0.29) is 0 Å². The molecule has 0 atom stereocenters. The molecule has 0 saturated heterocycles. The fourth-order valence-electron chi connectivity index (χ4n) is 1.54. The van der Waals surface area contributed by atoms with E-state index in [2.05, 4.69) is 9.97 Å². The van der Waals surface area contributed by atoms with Crippen LogP contribution >= 0.6 is 23.4 Å². The Hall–Kier alpha value is -1.79. The number of nitrogens with two attached hydrogens (primary N) is 1.